The summed E-state index contributed by atoms with van der Waals surface area (Å²) in [5, 5.41) is 3.07. The Bertz CT molecular complexity index is 1450. The van der Waals surface area contributed by atoms with Crippen molar-refractivity contribution in [2.45, 2.75) is 45.1 Å². The molecule has 1 aliphatic heterocycles. The molecule has 37 heavy (non-hydrogen) atoms. The van der Waals surface area contributed by atoms with E-state index in [-0.39, 0.29) is 22.8 Å². The SMILES string of the molecule is CC(=O)N1c2ccc(NC(=O)c3ccc(-c4cccnc4)cc3)cc2C(C)(c2ccccc2)CC1(C)C. The zero-order chi connectivity index (χ0) is 26.2. The smallest absolute Gasteiger partial charge is 0.255 e. The van der Waals surface area contributed by atoms with Gasteiger partial charge >= 0.3 is 0 Å². The first-order valence-electron chi connectivity index (χ1n) is 12.5. The lowest BCUT2D eigenvalue weighted by Crippen LogP contribution is -2.55. The zero-order valence-electron chi connectivity index (χ0n) is 21.7. The van der Waals surface area contributed by atoms with Crippen molar-refractivity contribution in [2.24, 2.45) is 0 Å². The number of aromatic nitrogens is 1. The van der Waals surface area contributed by atoms with Gasteiger partial charge < -0.3 is 10.2 Å². The molecule has 0 saturated heterocycles. The molecule has 0 fully saturated rings. The lowest BCUT2D eigenvalue weighted by Gasteiger charge is -2.51. The van der Waals surface area contributed by atoms with Gasteiger partial charge in [0.25, 0.3) is 5.91 Å². The number of benzene rings is 3. The number of hydrogen-bond acceptors (Lipinski definition) is 3. The molecule has 1 N–H and O–H groups in total. The van der Waals surface area contributed by atoms with Crippen LogP contribution in [0.15, 0.2) is 97.3 Å². The molecule has 0 saturated carbocycles. The molecule has 1 atom stereocenters. The fourth-order valence-corrected chi connectivity index (χ4v) is 5.83. The number of nitrogens with one attached hydrogen (secondary N) is 1. The maximum absolute atomic E-state index is 13.1. The van der Waals surface area contributed by atoms with Gasteiger partial charge in [-0.1, -0.05) is 55.5 Å². The average Bonchev–Trinajstić information content (AvgIpc) is 2.89. The summed E-state index contributed by atoms with van der Waals surface area (Å²) in [6, 6.07) is 27.6. The van der Waals surface area contributed by atoms with Crippen molar-refractivity contribution in [1.82, 2.24) is 4.98 Å². The molecule has 0 aliphatic carbocycles. The van der Waals surface area contributed by atoms with Crippen molar-refractivity contribution in [3.63, 3.8) is 0 Å². The molecular weight excluding hydrogens is 458 g/mol. The molecule has 1 aromatic heterocycles. The first-order valence-corrected chi connectivity index (χ1v) is 12.5. The molecular formula is C32H31N3O2. The van der Waals surface area contributed by atoms with Crippen LogP contribution in [-0.2, 0) is 10.2 Å². The third-order valence-electron chi connectivity index (χ3n) is 7.35. The fraction of sp³-hybridized carbons (Fsp3) is 0.219. The van der Waals surface area contributed by atoms with Crippen molar-refractivity contribution >= 4 is 23.2 Å². The zero-order valence-corrected chi connectivity index (χ0v) is 21.7. The number of rotatable bonds is 4. The summed E-state index contributed by atoms with van der Waals surface area (Å²) >= 11 is 0. The van der Waals surface area contributed by atoms with Crippen LogP contribution in [0.3, 0.4) is 0 Å². The van der Waals surface area contributed by atoms with Gasteiger partial charge in [-0.05, 0) is 78.9 Å². The van der Waals surface area contributed by atoms with Gasteiger partial charge in [-0.15, -0.1) is 0 Å². The van der Waals surface area contributed by atoms with Crippen LogP contribution in [0.2, 0.25) is 0 Å². The van der Waals surface area contributed by atoms with Gasteiger partial charge in [0, 0.05) is 47.2 Å². The summed E-state index contributed by atoms with van der Waals surface area (Å²) in [5.41, 5.74) is 5.66. The highest BCUT2D eigenvalue weighted by Crippen LogP contribution is 2.51. The van der Waals surface area contributed by atoms with Crippen molar-refractivity contribution in [3.05, 3.63) is 114 Å². The highest BCUT2D eigenvalue weighted by molar-refractivity contribution is 6.05. The summed E-state index contributed by atoms with van der Waals surface area (Å²) in [5.74, 6) is -0.175. The number of pyridine rings is 1. The second kappa shape index (κ2) is 9.32. The lowest BCUT2D eigenvalue weighted by atomic mass is 9.65. The summed E-state index contributed by atoms with van der Waals surface area (Å²) in [6.07, 6.45) is 4.30. The van der Waals surface area contributed by atoms with Gasteiger partial charge in [-0.25, -0.2) is 0 Å². The van der Waals surface area contributed by atoms with Gasteiger partial charge in [-0.2, -0.15) is 0 Å². The number of nitrogens with zero attached hydrogens (tertiary/aromatic N) is 2. The molecule has 0 radical (unpaired) electrons. The van der Waals surface area contributed by atoms with Gasteiger partial charge in [0.15, 0.2) is 0 Å². The Morgan fingerprint density at radius 2 is 1.59 bits per heavy atom. The van der Waals surface area contributed by atoms with E-state index in [1.165, 1.54) is 5.56 Å². The van der Waals surface area contributed by atoms with E-state index < -0.39 is 0 Å². The maximum Gasteiger partial charge on any atom is 0.255 e. The average molecular weight is 490 g/mol. The quantitative estimate of drug-likeness (QED) is 0.341. The van der Waals surface area contributed by atoms with Crippen LogP contribution in [0.5, 0.6) is 0 Å². The van der Waals surface area contributed by atoms with Crippen LogP contribution >= 0.6 is 0 Å². The fourth-order valence-electron chi connectivity index (χ4n) is 5.83. The summed E-state index contributed by atoms with van der Waals surface area (Å²) in [6.45, 7) is 8.07. The van der Waals surface area contributed by atoms with E-state index >= 15 is 0 Å². The topological polar surface area (TPSA) is 62.3 Å². The van der Waals surface area contributed by atoms with Crippen LogP contribution < -0.4 is 10.2 Å². The Labute approximate surface area is 218 Å². The second-order valence-corrected chi connectivity index (χ2v) is 10.5. The molecule has 0 bridgehead atoms. The molecule has 5 heteroatoms. The molecule has 1 unspecified atom stereocenters. The highest BCUT2D eigenvalue weighted by atomic mass is 16.2. The van der Waals surface area contributed by atoms with Crippen LogP contribution in [0.4, 0.5) is 11.4 Å². The van der Waals surface area contributed by atoms with E-state index in [1.54, 1.807) is 19.3 Å². The summed E-state index contributed by atoms with van der Waals surface area (Å²) < 4.78 is 0. The lowest BCUT2D eigenvalue weighted by molar-refractivity contribution is -0.117. The normalized spacial score (nSPS) is 18.1. The first-order chi connectivity index (χ1) is 17.7. The molecule has 5 rings (SSSR count). The molecule has 0 spiro atoms. The number of carbonyl (C=O) groups excluding carboxylic acids is 2. The van der Waals surface area contributed by atoms with Crippen LogP contribution in [0, 0.1) is 0 Å². The van der Waals surface area contributed by atoms with Crippen LogP contribution in [0.1, 0.15) is 55.6 Å². The molecule has 2 amide bonds. The first kappa shape index (κ1) is 24.4. The molecule has 2 heterocycles. The predicted octanol–water partition coefficient (Wildman–Crippen LogP) is 6.84. The number of anilines is 2. The van der Waals surface area contributed by atoms with Gasteiger partial charge in [0.05, 0.1) is 0 Å². The predicted molar refractivity (Wildman–Crippen MR) is 149 cm³/mol. The van der Waals surface area contributed by atoms with Crippen molar-refractivity contribution < 1.29 is 9.59 Å². The number of amides is 2. The third-order valence-corrected chi connectivity index (χ3v) is 7.35. The minimum atomic E-state index is -0.371. The molecule has 186 valence electrons. The van der Waals surface area contributed by atoms with Crippen molar-refractivity contribution in [3.8, 4) is 11.1 Å². The second-order valence-electron chi connectivity index (χ2n) is 10.5. The van der Waals surface area contributed by atoms with E-state index in [0.717, 1.165) is 28.8 Å². The standard InChI is InChI=1S/C32H31N3O2/c1-22(36)35-29-17-16-27(19-28(29)32(4,21-31(35,2)3)26-10-6-5-7-11-26)34-30(37)24-14-12-23(13-15-24)25-9-8-18-33-20-25/h5-20H,21H2,1-4H3,(H,34,37). The number of fused-ring (bicyclic) bond motifs is 1. The molecule has 1 aliphatic rings. The van der Waals surface area contributed by atoms with E-state index in [4.69, 9.17) is 0 Å². The van der Waals surface area contributed by atoms with Gasteiger partial charge in [0.1, 0.15) is 0 Å². The largest absolute Gasteiger partial charge is 0.322 e. The highest BCUT2D eigenvalue weighted by Gasteiger charge is 2.47. The molecule has 3 aromatic carbocycles. The Morgan fingerprint density at radius 3 is 2.24 bits per heavy atom. The van der Waals surface area contributed by atoms with Crippen LogP contribution in [-0.4, -0.2) is 22.3 Å². The Morgan fingerprint density at radius 1 is 0.865 bits per heavy atom. The van der Waals surface area contributed by atoms with Gasteiger partial charge in [0.2, 0.25) is 5.91 Å². The third kappa shape index (κ3) is 4.53. The van der Waals surface area contributed by atoms with E-state index in [1.807, 2.05) is 77.7 Å². The van der Waals surface area contributed by atoms with Crippen LogP contribution in [0.25, 0.3) is 11.1 Å². The minimum Gasteiger partial charge on any atom is -0.322 e. The summed E-state index contributed by atoms with van der Waals surface area (Å²) in [4.78, 5) is 32.0. The molecule has 4 aromatic rings. The number of hydrogen-bond donors (Lipinski definition) is 1. The van der Waals surface area contributed by atoms with Gasteiger partial charge in [-0.3, -0.25) is 14.6 Å². The van der Waals surface area contributed by atoms with E-state index in [0.29, 0.717) is 11.3 Å². The Hall–Kier alpha value is -4.25. The Kier molecular flexibility index (Phi) is 6.16. The number of carbonyl (C=O) groups is 2. The molecule has 5 nitrogen and oxygen atoms in total. The Balaban J connectivity index is 1.50. The minimum absolute atomic E-state index is 0.00635. The van der Waals surface area contributed by atoms with E-state index in [9.17, 15) is 9.59 Å². The van der Waals surface area contributed by atoms with Crippen molar-refractivity contribution in [2.75, 3.05) is 10.2 Å². The summed E-state index contributed by atoms with van der Waals surface area (Å²) in [7, 11) is 0. The van der Waals surface area contributed by atoms with Crippen molar-refractivity contribution in [1.29, 1.82) is 0 Å². The van der Waals surface area contributed by atoms with E-state index in [2.05, 4.69) is 43.2 Å². The monoisotopic (exact) mass is 489 g/mol. The maximum atomic E-state index is 13.1.